The summed E-state index contributed by atoms with van der Waals surface area (Å²) in [5.74, 6) is 0.222. The number of nitrogens with zero attached hydrogens (tertiary/aromatic N) is 4. The van der Waals surface area contributed by atoms with E-state index in [2.05, 4.69) is 10.1 Å². The Morgan fingerprint density at radius 2 is 2.21 bits per heavy atom. The van der Waals surface area contributed by atoms with E-state index in [-0.39, 0.29) is 24.1 Å². The van der Waals surface area contributed by atoms with Gasteiger partial charge < -0.3 is 15.1 Å². The molecule has 1 saturated heterocycles. The molecule has 0 saturated carbocycles. The number of hydrogen-bond donors (Lipinski definition) is 1. The van der Waals surface area contributed by atoms with Gasteiger partial charge in [-0.1, -0.05) is 0 Å². The van der Waals surface area contributed by atoms with E-state index >= 15 is 0 Å². The monoisotopic (exact) mass is 331 g/mol. The Morgan fingerprint density at radius 3 is 2.88 bits per heavy atom. The van der Waals surface area contributed by atoms with E-state index in [0.29, 0.717) is 23.8 Å². The van der Waals surface area contributed by atoms with Gasteiger partial charge in [0.05, 0.1) is 11.8 Å². The zero-order valence-corrected chi connectivity index (χ0v) is 13.9. The van der Waals surface area contributed by atoms with Gasteiger partial charge in [0.15, 0.2) is 5.69 Å². The summed E-state index contributed by atoms with van der Waals surface area (Å²) in [5.41, 5.74) is 6.31. The van der Waals surface area contributed by atoms with E-state index in [1.54, 1.807) is 35.9 Å². The third kappa shape index (κ3) is 3.17. The van der Waals surface area contributed by atoms with E-state index in [9.17, 15) is 9.59 Å². The molecule has 8 nitrogen and oxygen atoms in total. The van der Waals surface area contributed by atoms with Crippen LogP contribution in [0, 0.1) is 6.92 Å². The minimum absolute atomic E-state index is 0.165. The van der Waals surface area contributed by atoms with E-state index in [1.807, 2.05) is 0 Å². The average Bonchev–Trinajstić information content (AvgIpc) is 3.12. The molecule has 1 atom stereocenters. The van der Waals surface area contributed by atoms with Crippen LogP contribution in [0.2, 0.25) is 0 Å². The highest BCUT2D eigenvalue weighted by molar-refractivity contribution is 5.94. The molecule has 0 aliphatic carbocycles. The molecule has 128 valence electrons. The number of carbonyl (C=O) groups excluding carboxylic acids is 2. The molecule has 0 radical (unpaired) electrons. The Kier molecular flexibility index (Phi) is 4.37. The summed E-state index contributed by atoms with van der Waals surface area (Å²) in [7, 11) is 1.80. The van der Waals surface area contributed by atoms with Crippen LogP contribution in [-0.4, -0.2) is 44.1 Å². The Hall–Kier alpha value is -2.64. The lowest BCUT2D eigenvalue weighted by Gasteiger charge is -2.34. The van der Waals surface area contributed by atoms with Gasteiger partial charge in [0, 0.05) is 32.3 Å². The van der Waals surface area contributed by atoms with Gasteiger partial charge in [-0.25, -0.2) is 4.98 Å². The lowest BCUT2D eigenvalue weighted by Crippen LogP contribution is -2.45. The fourth-order valence-electron chi connectivity index (χ4n) is 3.10. The van der Waals surface area contributed by atoms with E-state index in [4.69, 9.17) is 10.2 Å². The van der Waals surface area contributed by atoms with Crippen LogP contribution in [0.3, 0.4) is 0 Å². The van der Waals surface area contributed by atoms with Gasteiger partial charge in [0.25, 0.3) is 5.91 Å². The van der Waals surface area contributed by atoms with Gasteiger partial charge in [-0.2, -0.15) is 5.10 Å². The topological polar surface area (TPSA) is 107 Å². The van der Waals surface area contributed by atoms with Gasteiger partial charge in [-0.3, -0.25) is 14.3 Å². The minimum atomic E-state index is -0.396. The Balaban J connectivity index is 1.86. The zero-order chi connectivity index (χ0) is 17.3. The lowest BCUT2D eigenvalue weighted by molar-refractivity contribution is -0.119. The van der Waals surface area contributed by atoms with Crippen molar-refractivity contribution in [1.29, 1.82) is 0 Å². The van der Waals surface area contributed by atoms with Crippen molar-refractivity contribution < 1.29 is 14.0 Å². The molecule has 0 spiro atoms. The fraction of sp³-hybridized carbons (Fsp3) is 0.500. The molecule has 0 aromatic carbocycles. The quantitative estimate of drug-likeness (QED) is 0.907. The number of amides is 2. The summed E-state index contributed by atoms with van der Waals surface area (Å²) in [6, 6.07) is -0.165. The Labute approximate surface area is 139 Å². The predicted molar refractivity (Wildman–Crippen MR) is 85.9 cm³/mol. The number of aryl methyl sites for hydroxylation is 2. The molecule has 2 aromatic rings. The first-order valence-corrected chi connectivity index (χ1v) is 8.01. The third-order valence-electron chi connectivity index (χ3n) is 4.28. The number of piperidine rings is 1. The molecule has 2 amide bonds. The maximum Gasteiger partial charge on any atom is 0.276 e. The van der Waals surface area contributed by atoms with Gasteiger partial charge in [-0.15, -0.1) is 0 Å². The number of likely N-dealkylation sites (tertiary alicyclic amines) is 1. The smallest absolute Gasteiger partial charge is 0.276 e. The average molecular weight is 331 g/mol. The van der Waals surface area contributed by atoms with Crippen LogP contribution in [-0.2, 0) is 11.8 Å². The summed E-state index contributed by atoms with van der Waals surface area (Å²) in [5, 5.41) is 4.08. The van der Waals surface area contributed by atoms with Crippen molar-refractivity contribution in [3.8, 4) is 11.5 Å². The first kappa shape index (κ1) is 16.2. The first-order chi connectivity index (χ1) is 11.5. The summed E-state index contributed by atoms with van der Waals surface area (Å²) in [4.78, 5) is 30.2. The van der Waals surface area contributed by atoms with Crippen LogP contribution in [0.15, 0.2) is 16.8 Å². The fourth-order valence-corrected chi connectivity index (χ4v) is 3.10. The van der Waals surface area contributed by atoms with E-state index < -0.39 is 5.91 Å². The summed E-state index contributed by atoms with van der Waals surface area (Å²) in [6.45, 7) is 2.32. The van der Waals surface area contributed by atoms with Crippen molar-refractivity contribution in [3.05, 3.63) is 23.8 Å². The number of aromatic nitrogens is 3. The van der Waals surface area contributed by atoms with Crippen molar-refractivity contribution >= 4 is 11.8 Å². The van der Waals surface area contributed by atoms with Crippen molar-refractivity contribution in [1.82, 2.24) is 19.7 Å². The van der Waals surface area contributed by atoms with Crippen LogP contribution >= 0.6 is 0 Å². The second kappa shape index (κ2) is 6.46. The molecule has 1 unspecified atom stereocenters. The van der Waals surface area contributed by atoms with Crippen LogP contribution in [0.1, 0.15) is 41.9 Å². The number of hydrogen-bond acceptors (Lipinski definition) is 5. The molecule has 8 heteroatoms. The van der Waals surface area contributed by atoms with Gasteiger partial charge in [-0.05, 0) is 26.2 Å². The molecule has 2 N–H and O–H groups in total. The SMILES string of the molecule is Cc1oc(-c2cnn(C)c2)nc1C(=O)N1CCCCC1CC(N)=O. The standard InChI is InChI=1S/C16H21N5O3/c1-10-14(19-15(24-10)11-8-18-20(2)9-11)16(23)21-6-4-3-5-12(21)7-13(17)22/h8-9,12H,3-7H2,1-2H3,(H2,17,22). The maximum atomic E-state index is 12.9. The Morgan fingerprint density at radius 1 is 1.42 bits per heavy atom. The second-order valence-corrected chi connectivity index (χ2v) is 6.15. The molecular weight excluding hydrogens is 310 g/mol. The lowest BCUT2D eigenvalue weighted by atomic mass is 9.98. The van der Waals surface area contributed by atoms with Crippen molar-refractivity contribution in [3.63, 3.8) is 0 Å². The summed E-state index contributed by atoms with van der Waals surface area (Å²) in [6.07, 6.45) is 6.26. The molecule has 1 aliphatic rings. The van der Waals surface area contributed by atoms with E-state index in [0.717, 1.165) is 19.3 Å². The summed E-state index contributed by atoms with van der Waals surface area (Å²) < 4.78 is 7.28. The molecule has 3 heterocycles. The number of carbonyl (C=O) groups is 2. The zero-order valence-electron chi connectivity index (χ0n) is 13.9. The molecule has 0 bridgehead atoms. The van der Waals surface area contributed by atoms with E-state index in [1.165, 1.54) is 0 Å². The number of primary amides is 1. The molecule has 1 fully saturated rings. The first-order valence-electron chi connectivity index (χ1n) is 8.01. The predicted octanol–water partition coefficient (Wildman–Crippen LogP) is 1.25. The molecular formula is C16H21N5O3. The number of nitrogens with two attached hydrogens (primary N) is 1. The Bertz CT molecular complexity index is 764. The third-order valence-corrected chi connectivity index (χ3v) is 4.28. The van der Waals surface area contributed by atoms with Crippen LogP contribution in [0.4, 0.5) is 0 Å². The van der Waals surface area contributed by atoms with Crippen LogP contribution < -0.4 is 5.73 Å². The maximum absolute atomic E-state index is 12.9. The largest absolute Gasteiger partial charge is 0.440 e. The molecule has 3 rings (SSSR count). The van der Waals surface area contributed by atoms with Gasteiger partial charge in [0.1, 0.15) is 5.76 Å². The van der Waals surface area contributed by atoms with Crippen molar-refractivity contribution in [2.75, 3.05) is 6.54 Å². The van der Waals surface area contributed by atoms with Gasteiger partial charge in [0.2, 0.25) is 11.8 Å². The minimum Gasteiger partial charge on any atom is -0.440 e. The highest BCUT2D eigenvalue weighted by Gasteiger charge is 2.31. The van der Waals surface area contributed by atoms with Crippen LogP contribution in [0.25, 0.3) is 11.5 Å². The molecule has 1 aliphatic heterocycles. The highest BCUT2D eigenvalue weighted by atomic mass is 16.4. The number of rotatable bonds is 4. The second-order valence-electron chi connectivity index (χ2n) is 6.15. The van der Waals surface area contributed by atoms with Crippen molar-refractivity contribution in [2.45, 2.75) is 38.6 Å². The summed E-state index contributed by atoms with van der Waals surface area (Å²) >= 11 is 0. The van der Waals surface area contributed by atoms with Gasteiger partial charge >= 0.3 is 0 Å². The normalized spacial score (nSPS) is 17.9. The molecule has 2 aromatic heterocycles. The van der Waals surface area contributed by atoms with Crippen molar-refractivity contribution in [2.24, 2.45) is 12.8 Å². The van der Waals surface area contributed by atoms with Crippen LogP contribution in [0.5, 0.6) is 0 Å². The molecule has 24 heavy (non-hydrogen) atoms. The number of oxazole rings is 1. The highest BCUT2D eigenvalue weighted by Crippen LogP contribution is 2.26.